The molecule has 3 atom stereocenters. The summed E-state index contributed by atoms with van der Waals surface area (Å²) in [5.74, 6) is 0.156. The third-order valence-electron chi connectivity index (χ3n) is 6.33. The Morgan fingerprint density at radius 2 is 1.81 bits per heavy atom. The van der Waals surface area contributed by atoms with Gasteiger partial charge in [0.25, 0.3) is 0 Å². The first-order valence-corrected chi connectivity index (χ1v) is 12.4. The van der Waals surface area contributed by atoms with Gasteiger partial charge in [-0.2, -0.15) is 18.3 Å². The van der Waals surface area contributed by atoms with Gasteiger partial charge in [0.1, 0.15) is 5.75 Å². The Morgan fingerprint density at radius 1 is 1.11 bits per heavy atom. The van der Waals surface area contributed by atoms with Crippen molar-refractivity contribution in [2.45, 2.75) is 76.9 Å². The average Bonchev–Trinajstić information content (AvgIpc) is 3.47. The van der Waals surface area contributed by atoms with Crippen molar-refractivity contribution in [1.29, 1.82) is 0 Å². The number of nitrogens with one attached hydrogen (secondary N) is 2. The van der Waals surface area contributed by atoms with Crippen molar-refractivity contribution >= 4 is 11.6 Å². The van der Waals surface area contributed by atoms with E-state index >= 15 is 0 Å². The molecule has 2 N–H and O–H groups in total. The molecule has 198 valence electrons. The minimum Gasteiger partial charge on any atom is -0.491 e. The van der Waals surface area contributed by atoms with Crippen molar-refractivity contribution in [1.82, 2.24) is 15.1 Å². The predicted molar refractivity (Wildman–Crippen MR) is 137 cm³/mol. The molecule has 6 nitrogen and oxygen atoms in total. The van der Waals surface area contributed by atoms with E-state index in [9.17, 15) is 18.0 Å². The highest BCUT2D eigenvalue weighted by atomic mass is 19.4. The molecule has 1 aliphatic rings. The zero-order chi connectivity index (χ0) is 27.0. The highest BCUT2D eigenvalue weighted by Crippen LogP contribution is 2.41. The number of alkyl halides is 3. The molecule has 3 aromatic rings. The number of ether oxygens (including phenoxy) is 1. The van der Waals surface area contributed by atoms with Gasteiger partial charge in [0, 0.05) is 23.8 Å². The van der Waals surface area contributed by atoms with Crippen molar-refractivity contribution < 1.29 is 22.7 Å². The van der Waals surface area contributed by atoms with Crippen LogP contribution in [-0.4, -0.2) is 27.8 Å². The molecule has 37 heavy (non-hydrogen) atoms. The van der Waals surface area contributed by atoms with Gasteiger partial charge in [-0.25, -0.2) is 0 Å². The lowest BCUT2D eigenvalue weighted by Gasteiger charge is -2.21. The van der Waals surface area contributed by atoms with E-state index in [0.717, 1.165) is 17.8 Å². The van der Waals surface area contributed by atoms with Crippen LogP contribution in [0.4, 0.5) is 18.9 Å². The molecule has 2 aromatic carbocycles. The highest BCUT2D eigenvalue weighted by molar-refractivity contribution is 5.95. The standard InChI is InChI=1S/C28H33F3N4O2/c1-17(2)37-21-11-9-20(10-12-21)32-26(36)24-16-22(23-13-14-35(34-23)27(3,4)5)25(33-24)18-7-6-8-19(15-18)28(29,30)31/h6-15,17,22,24-25,33H,16H2,1-5H3,(H,32,36)/t22-,24-,25-/m0/s1. The number of carbonyl (C=O) groups excluding carboxylic acids is 1. The normalized spacial score (nSPS) is 20.3. The van der Waals surface area contributed by atoms with Crippen molar-refractivity contribution in [3.05, 3.63) is 77.6 Å². The molecule has 0 radical (unpaired) electrons. The third-order valence-corrected chi connectivity index (χ3v) is 6.33. The van der Waals surface area contributed by atoms with Gasteiger partial charge in [-0.05, 0) is 89.1 Å². The lowest BCUT2D eigenvalue weighted by atomic mass is 9.90. The number of amides is 1. The molecule has 4 rings (SSSR count). The van der Waals surface area contributed by atoms with Crippen LogP contribution in [0.1, 0.15) is 69.8 Å². The number of nitrogens with zero attached hydrogens (tertiary/aromatic N) is 2. The molecular weight excluding hydrogens is 481 g/mol. The van der Waals surface area contributed by atoms with Crippen molar-refractivity contribution in [3.8, 4) is 5.75 Å². The second kappa shape index (κ2) is 10.2. The van der Waals surface area contributed by atoms with Crippen molar-refractivity contribution in [3.63, 3.8) is 0 Å². The Labute approximate surface area is 215 Å². The molecule has 2 heterocycles. The summed E-state index contributed by atoms with van der Waals surface area (Å²) in [6.07, 6.45) is -2.16. The summed E-state index contributed by atoms with van der Waals surface area (Å²) in [4.78, 5) is 13.2. The van der Waals surface area contributed by atoms with Gasteiger partial charge in [0.15, 0.2) is 0 Å². The minimum absolute atomic E-state index is 0.0367. The highest BCUT2D eigenvalue weighted by Gasteiger charge is 2.41. The quantitative estimate of drug-likeness (QED) is 0.407. The summed E-state index contributed by atoms with van der Waals surface area (Å²) in [7, 11) is 0. The monoisotopic (exact) mass is 514 g/mol. The summed E-state index contributed by atoms with van der Waals surface area (Å²) in [5, 5.41) is 10.9. The molecule has 1 aromatic heterocycles. The maximum absolute atomic E-state index is 13.4. The lowest BCUT2D eigenvalue weighted by molar-refractivity contribution is -0.137. The fraction of sp³-hybridized carbons (Fsp3) is 0.429. The second-order valence-corrected chi connectivity index (χ2v) is 10.7. The molecule has 0 aliphatic carbocycles. The number of hydrogen-bond donors (Lipinski definition) is 2. The van der Waals surface area contributed by atoms with Crippen LogP contribution in [0.15, 0.2) is 60.8 Å². The van der Waals surface area contributed by atoms with Crippen LogP contribution in [0.5, 0.6) is 5.75 Å². The molecule has 1 saturated heterocycles. The van der Waals surface area contributed by atoms with Gasteiger partial charge in [-0.3, -0.25) is 14.8 Å². The topological polar surface area (TPSA) is 68.2 Å². The molecule has 0 bridgehead atoms. The average molecular weight is 515 g/mol. The number of anilines is 1. The van der Waals surface area contributed by atoms with Crippen LogP contribution in [-0.2, 0) is 16.5 Å². The van der Waals surface area contributed by atoms with Gasteiger partial charge in [0.05, 0.1) is 28.9 Å². The number of halogens is 3. The smallest absolute Gasteiger partial charge is 0.416 e. The number of benzene rings is 2. The molecule has 0 spiro atoms. The Balaban J connectivity index is 1.59. The van der Waals surface area contributed by atoms with Gasteiger partial charge >= 0.3 is 6.18 Å². The van der Waals surface area contributed by atoms with Crippen molar-refractivity contribution in [2.75, 3.05) is 5.32 Å². The first-order chi connectivity index (χ1) is 17.3. The van der Waals surface area contributed by atoms with E-state index in [1.807, 2.05) is 51.6 Å². The molecule has 1 fully saturated rings. The zero-order valence-electron chi connectivity index (χ0n) is 21.6. The number of rotatable bonds is 6. The van der Waals surface area contributed by atoms with E-state index in [1.54, 1.807) is 30.3 Å². The Bertz CT molecular complexity index is 1230. The minimum atomic E-state index is -4.46. The molecule has 1 aliphatic heterocycles. The molecule has 0 unspecified atom stereocenters. The summed E-state index contributed by atoms with van der Waals surface area (Å²) >= 11 is 0. The van der Waals surface area contributed by atoms with Crippen LogP contribution >= 0.6 is 0 Å². The number of carbonyl (C=O) groups is 1. The maximum atomic E-state index is 13.4. The summed E-state index contributed by atoms with van der Waals surface area (Å²) in [6.45, 7) is 9.94. The molecule has 1 amide bonds. The Kier molecular flexibility index (Phi) is 7.37. The van der Waals surface area contributed by atoms with Gasteiger partial charge in [-0.15, -0.1) is 0 Å². The van der Waals surface area contributed by atoms with Crippen LogP contribution < -0.4 is 15.4 Å². The fourth-order valence-electron chi connectivity index (χ4n) is 4.53. The SMILES string of the molecule is CC(C)Oc1ccc(NC(=O)[C@@H]2C[C@@H](c3ccn(C(C)(C)C)n3)[C@H](c3cccc(C(F)(F)F)c3)N2)cc1. The largest absolute Gasteiger partial charge is 0.491 e. The Morgan fingerprint density at radius 3 is 2.41 bits per heavy atom. The number of aromatic nitrogens is 2. The van der Waals surface area contributed by atoms with Crippen LogP contribution in [0.3, 0.4) is 0 Å². The zero-order valence-corrected chi connectivity index (χ0v) is 21.6. The van der Waals surface area contributed by atoms with Crippen molar-refractivity contribution in [2.24, 2.45) is 0 Å². The predicted octanol–water partition coefficient (Wildman–Crippen LogP) is 6.27. The van der Waals surface area contributed by atoms with E-state index < -0.39 is 23.8 Å². The molecule has 9 heteroatoms. The Hall–Kier alpha value is -3.33. The van der Waals surface area contributed by atoms with E-state index in [4.69, 9.17) is 9.84 Å². The summed E-state index contributed by atoms with van der Waals surface area (Å²) in [5.41, 5.74) is 0.838. The second-order valence-electron chi connectivity index (χ2n) is 10.7. The molecule has 0 saturated carbocycles. The van der Waals surface area contributed by atoms with Gasteiger partial charge in [-0.1, -0.05) is 12.1 Å². The first-order valence-electron chi connectivity index (χ1n) is 12.4. The van der Waals surface area contributed by atoms with E-state index in [0.29, 0.717) is 23.4 Å². The third kappa shape index (κ3) is 6.33. The summed E-state index contributed by atoms with van der Waals surface area (Å²) in [6, 6.07) is 13.1. The number of hydrogen-bond acceptors (Lipinski definition) is 4. The van der Waals surface area contributed by atoms with Crippen LogP contribution in [0.2, 0.25) is 0 Å². The van der Waals surface area contributed by atoms with Gasteiger partial charge < -0.3 is 10.1 Å². The van der Waals surface area contributed by atoms with E-state index in [2.05, 4.69) is 10.6 Å². The summed E-state index contributed by atoms with van der Waals surface area (Å²) < 4.78 is 47.8. The maximum Gasteiger partial charge on any atom is 0.416 e. The lowest BCUT2D eigenvalue weighted by Crippen LogP contribution is -2.36. The van der Waals surface area contributed by atoms with E-state index in [-0.39, 0.29) is 23.5 Å². The van der Waals surface area contributed by atoms with Crippen LogP contribution in [0.25, 0.3) is 0 Å². The first kappa shape index (κ1) is 26.7. The van der Waals surface area contributed by atoms with E-state index in [1.165, 1.54) is 6.07 Å². The fourth-order valence-corrected chi connectivity index (χ4v) is 4.53. The molecular formula is C28H33F3N4O2. The van der Waals surface area contributed by atoms with Gasteiger partial charge in [0.2, 0.25) is 5.91 Å². The van der Waals surface area contributed by atoms with Crippen LogP contribution in [0, 0.1) is 0 Å².